The Morgan fingerprint density at radius 1 is 1.44 bits per heavy atom. The first-order valence-corrected chi connectivity index (χ1v) is 4.88. The number of nitrogens with one attached hydrogen (secondary N) is 1. The smallest absolute Gasteiger partial charge is 0.328 e. The molecule has 1 N–H and O–H groups in total. The summed E-state index contributed by atoms with van der Waals surface area (Å²) in [7, 11) is 1.23. The molecule has 0 fully saturated rings. The number of esters is 1. The van der Waals surface area contributed by atoms with E-state index in [-0.39, 0.29) is 5.91 Å². The molecule has 0 heterocycles. The third-order valence-electron chi connectivity index (χ3n) is 1.97. The molecule has 4 nitrogen and oxygen atoms in total. The summed E-state index contributed by atoms with van der Waals surface area (Å²) < 4.78 is 12.6. The predicted octanol–water partition coefficient (Wildman–Crippen LogP) is 0.907. The van der Waals surface area contributed by atoms with E-state index in [1.54, 1.807) is 24.3 Å². The molecule has 0 saturated carbocycles. The summed E-state index contributed by atoms with van der Waals surface area (Å²) in [5, 5.41) is 2.43. The van der Waals surface area contributed by atoms with Crippen LogP contribution in [0.4, 0.5) is 0 Å². The molecule has 1 aromatic carbocycles. The topological polar surface area (TPSA) is 55.4 Å². The zero-order valence-corrected chi connectivity index (χ0v) is 9.27. The molecule has 86 valence electrons. The van der Waals surface area contributed by atoms with Gasteiger partial charge in [-0.25, -0.2) is 4.79 Å². The van der Waals surface area contributed by atoms with Crippen molar-refractivity contribution in [1.82, 2.24) is 5.32 Å². The van der Waals surface area contributed by atoms with Crippen molar-refractivity contribution in [1.29, 1.82) is 0 Å². The van der Waals surface area contributed by atoms with Gasteiger partial charge in [0, 0.05) is 14.7 Å². The molecule has 0 aliphatic rings. The first-order chi connectivity index (χ1) is 8.06. The average molecular weight is 222 g/mol. The van der Waals surface area contributed by atoms with Crippen molar-refractivity contribution in [2.75, 3.05) is 7.11 Å². The lowest BCUT2D eigenvalue weighted by Crippen LogP contribution is -2.41. The van der Waals surface area contributed by atoms with E-state index in [2.05, 4.69) is 10.1 Å². The van der Waals surface area contributed by atoms with E-state index in [0.29, 0.717) is 5.56 Å². The van der Waals surface area contributed by atoms with Crippen LogP contribution in [0.1, 0.15) is 13.9 Å². The number of rotatable bonds is 4. The molecule has 0 aliphatic heterocycles. The minimum absolute atomic E-state index is 0.367. The van der Waals surface area contributed by atoms with Crippen LogP contribution in [0.5, 0.6) is 0 Å². The summed E-state index contributed by atoms with van der Waals surface area (Å²) in [6.45, 7) is 1.30. The van der Waals surface area contributed by atoms with Crippen molar-refractivity contribution in [2.45, 2.75) is 19.4 Å². The fourth-order valence-corrected chi connectivity index (χ4v) is 1.27. The van der Waals surface area contributed by atoms with Crippen molar-refractivity contribution in [3.05, 3.63) is 35.9 Å². The fraction of sp³-hybridized carbons (Fsp3) is 0.333. The van der Waals surface area contributed by atoms with Crippen LogP contribution < -0.4 is 5.32 Å². The second kappa shape index (κ2) is 5.90. The summed E-state index contributed by atoms with van der Waals surface area (Å²) in [6, 6.07) is 7.85. The molecule has 0 bridgehead atoms. The quantitative estimate of drug-likeness (QED) is 0.770. The van der Waals surface area contributed by atoms with E-state index in [0.717, 1.165) is 0 Å². The van der Waals surface area contributed by atoms with Crippen molar-refractivity contribution in [2.24, 2.45) is 0 Å². The second-order valence-electron chi connectivity index (χ2n) is 3.28. The van der Waals surface area contributed by atoms with Gasteiger partial charge in [0.2, 0.25) is 5.91 Å². The largest absolute Gasteiger partial charge is 0.467 e. The number of ether oxygens (including phenoxy) is 1. The summed E-state index contributed by atoms with van der Waals surface area (Å²) in [5.41, 5.74) is 0.650. The third kappa shape index (κ3) is 3.73. The summed E-state index contributed by atoms with van der Waals surface area (Å²) >= 11 is 0. The predicted molar refractivity (Wildman–Crippen MR) is 59.8 cm³/mol. The van der Waals surface area contributed by atoms with Gasteiger partial charge in [-0.05, 0) is 5.56 Å². The molecule has 1 rings (SSSR count). The van der Waals surface area contributed by atoms with Crippen LogP contribution in [0.3, 0.4) is 0 Å². The Morgan fingerprint density at radius 3 is 2.56 bits per heavy atom. The lowest BCUT2D eigenvalue weighted by Gasteiger charge is -2.15. The zero-order valence-electron chi connectivity index (χ0n) is 10.3. The van der Waals surface area contributed by atoms with Gasteiger partial charge in [0.05, 0.1) is 7.11 Å². The van der Waals surface area contributed by atoms with Crippen molar-refractivity contribution in [3.63, 3.8) is 0 Å². The fourth-order valence-electron chi connectivity index (χ4n) is 1.27. The van der Waals surface area contributed by atoms with Crippen LogP contribution in [0.15, 0.2) is 30.3 Å². The highest BCUT2D eigenvalue weighted by Crippen LogP contribution is 2.04. The lowest BCUT2D eigenvalue weighted by molar-refractivity contribution is -0.144. The highest BCUT2D eigenvalue weighted by atomic mass is 16.5. The first kappa shape index (κ1) is 10.7. The molecule has 1 amide bonds. The molecule has 0 saturated heterocycles. The van der Waals surface area contributed by atoms with Gasteiger partial charge >= 0.3 is 5.97 Å². The maximum atomic E-state index is 11.5. The molecule has 0 radical (unpaired) electrons. The number of methoxy groups -OCH3 is 1. The van der Waals surface area contributed by atoms with Gasteiger partial charge in [-0.2, -0.15) is 0 Å². The number of amides is 1. The highest BCUT2D eigenvalue weighted by molar-refractivity contribution is 5.83. The molecular formula is C12H15NO3. The van der Waals surface area contributed by atoms with Gasteiger partial charge < -0.3 is 10.1 Å². The molecule has 16 heavy (non-hydrogen) atoms. The van der Waals surface area contributed by atoms with Crippen LogP contribution in [0.25, 0.3) is 0 Å². The Labute approximate surface area is 96.0 Å². The number of benzene rings is 1. The van der Waals surface area contributed by atoms with E-state index in [9.17, 15) is 9.59 Å². The third-order valence-corrected chi connectivity index (χ3v) is 1.97. The summed E-state index contributed by atoms with van der Waals surface area (Å²) in [4.78, 5) is 22.5. The van der Waals surface area contributed by atoms with Gasteiger partial charge in [0.15, 0.2) is 0 Å². The maximum Gasteiger partial charge on any atom is 0.328 e. The van der Waals surface area contributed by atoms with Gasteiger partial charge in [0.1, 0.15) is 6.04 Å². The van der Waals surface area contributed by atoms with Gasteiger partial charge in [-0.3, -0.25) is 4.79 Å². The molecule has 1 aromatic rings. The molecule has 0 aromatic heterocycles. The lowest BCUT2D eigenvalue weighted by atomic mass is 10.1. The van der Waals surface area contributed by atoms with Crippen molar-refractivity contribution in [3.8, 4) is 0 Å². The van der Waals surface area contributed by atoms with Gasteiger partial charge in [0.25, 0.3) is 0 Å². The van der Waals surface area contributed by atoms with Crippen molar-refractivity contribution < 1.29 is 15.7 Å². The van der Waals surface area contributed by atoms with Crippen molar-refractivity contribution >= 4 is 11.9 Å². The monoisotopic (exact) mass is 222 g/mol. The SMILES string of the molecule is [2H][C@H](c1ccccc1)[C@@H](NC(C)=O)C(=O)OC. The van der Waals surface area contributed by atoms with E-state index < -0.39 is 18.4 Å². The normalized spacial score (nSPS) is 14.5. The molecule has 2 atom stereocenters. The van der Waals surface area contributed by atoms with Crippen LogP contribution >= 0.6 is 0 Å². The number of hydrogen-bond acceptors (Lipinski definition) is 3. The molecule has 0 spiro atoms. The first-order valence-electron chi connectivity index (χ1n) is 5.46. The number of carbonyl (C=O) groups excluding carboxylic acids is 2. The van der Waals surface area contributed by atoms with E-state index in [4.69, 9.17) is 1.37 Å². The zero-order chi connectivity index (χ0) is 12.8. The van der Waals surface area contributed by atoms with Gasteiger partial charge in [-0.1, -0.05) is 30.3 Å². The number of carbonyl (C=O) groups is 2. The summed E-state index contributed by atoms with van der Waals surface area (Å²) in [5.74, 6) is -0.988. The Kier molecular flexibility index (Phi) is 3.94. The number of hydrogen-bond donors (Lipinski definition) is 1. The minimum atomic E-state index is -0.986. The molecule has 0 unspecified atom stereocenters. The van der Waals surface area contributed by atoms with E-state index in [1.165, 1.54) is 14.0 Å². The van der Waals surface area contributed by atoms with Crippen LogP contribution in [-0.2, 0) is 20.7 Å². The molecule has 0 aliphatic carbocycles. The van der Waals surface area contributed by atoms with Crippen LogP contribution in [0, 0.1) is 0 Å². The highest BCUT2D eigenvalue weighted by Gasteiger charge is 2.20. The Hall–Kier alpha value is -1.84. The standard InChI is InChI=1S/C12H15NO3/c1-9(14)13-11(12(15)16-2)8-10-6-4-3-5-7-10/h3-7,11H,8H2,1-2H3,(H,13,14)/t11-/m1/s1/i8D/t8-,11-. The Bertz CT molecular complexity index is 394. The second-order valence-corrected chi connectivity index (χ2v) is 3.28. The Balaban J connectivity index is 2.90. The van der Waals surface area contributed by atoms with Crippen LogP contribution in [0.2, 0.25) is 0 Å². The minimum Gasteiger partial charge on any atom is -0.467 e. The Morgan fingerprint density at radius 2 is 2.06 bits per heavy atom. The van der Waals surface area contributed by atoms with Crippen LogP contribution in [-0.4, -0.2) is 25.0 Å². The maximum absolute atomic E-state index is 11.5. The van der Waals surface area contributed by atoms with E-state index in [1.807, 2.05) is 6.07 Å². The van der Waals surface area contributed by atoms with E-state index >= 15 is 0 Å². The summed E-state index contributed by atoms with van der Waals surface area (Å²) in [6.07, 6.45) is -0.882. The molecular weight excluding hydrogens is 206 g/mol. The van der Waals surface area contributed by atoms with Gasteiger partial charge in [-0.15, -0.1) is 0 Å². The molecule has 4 heteroatoms. The average Bonchev–Trinajstić information content (AvgIpc) is 2.35.